The summed E-state index contributed by atoms with van der Waals surface area (Å²) in [6, 6.07) is 17.8. The summed E-state index contributed by atoms with van der Waals surface area (Å²) < 4.78 is 46.5. The van der Waals surface area contributed by atoms with Crippen LogP contribution in [-0.2, 0) is 12.7 Å². The molecule has 0 radical (unpaired) electrons. The Kier molecular flexibility index (Phi) is 6.65. The third-order valence-corrected chi connectivity index (χ3v) is 5.72. The molecule has 0 N–H and O–H groups in total. The summed E-state index contributed by atoms with van der Waals surface area (Å²) in [5, 5.41) is 0.628. The van der Waals surface area contributed by atoms with E-state index in [0.29, 0.717) is 33.8 Å². The van der Waals surface area contributed by atoms with Crippen molar-refractivity contribution in [1.82, 2.24) is 9.55 Å². The quantitative estimate of drug-likeness (QED) is 0.308. The van der Waals surface area contributed by atoms with Gasteiger partial charge in [0.15, 0.2) is 0 Å². The molecule has 0 unspecified atom stereocenters. The van der Waals surface area contributed by atoms with Crippen LogP contribution in [0, 0.1) is 12.3 Å². The topological polar surface area (TPSA) is 44.1 Å². The molecular formula is C28H23F3N2O2. The van der Waals surface area contributed by atoms with Crippen molar-refractivity contribution >= 4 is 10.9 Å². The monoisotopic (exact) mass is 476 g/mol. The fraction of sp³-hybridized carbons (Fsp3) is 0.214. The van der Waals surface area contributed by atoms with Crippen molar-refractivity contribution in [1.29, 1.82) is 0 Å². The van der Waals surface area contributed by atoms with E-state index in [1.54, 1.807) is 24.3 Å². The molecule has 3 aromatic carbocycles. The van der Waals surface area contributed by atoms with Crippen molar-refractivity contribution in [2.75, 3.05) is 6.61 Å². The predicted octanol–water partition coefficient (Wildman–Crippen LogP) is 6.27. The molecule has 0 saturated carbocycles. The molecule has 0 saturated heterocycles. The number of halogens is 3. The number of nitrogens with zero attached hydrogens (tertiary/aromatic N) is 2. The summed E-state index contributed by atoms with van der Waals surface area (Å²) in [6.45, 7) is 4.18. The van der Waals surface area contributed by atoms with Gasteiger partial charge in [0.05, 0.1) is 23.3 Å². The Morgan fingerprint density at radius 3 is 2.46 bits per heavy atom. The van der Waals surface area contributed by atoms with Gasteiger partial charge in [-0.15, -0.1) is 6.42 Å². The van der Waals surface area contributed by atoms with Gasteiger partial charge < -0.3 is 4.74 Å². The largest absolute Gasteiger partial charge is 0.481 e. The van der Waals surface area contributed by atoms with Gasteiger partial charge in [-0.25, -0.2) is 4.79 Å². The number of rotatable bonds is 6. The van der Waals surface area contributed by atoms with Crippen LogP contribution in [0.5, 0.6) is 5.75 Å². The molecule has 0 amide bonds. The number of fused-ring (bicyclic) bond motifs is 1. The highest BCUT2D eigenvalue weighted by atomic mass is 19.4. The zero-order valence-corrected chi connectivity index (χ0v) is 19.3. The second-order valence-electron chi connectivity index (χ2n) is 8.48. The normalized spacial score (nSPS) is 11.6. The molecular weight excluding hydrogens is 453 g/mol. The third-order valence-electron chi connectivity index (χ3n) is 5.72. The highest BCUT2D eigenvalue weighted by molar-refractivity contribution is 5.93. The van der Waals surface area contributed by atoms with Gasteiger partial charge in [-0.3, -0.25) is 4.57 Å². The molecule has 4 nitrogen and oxygen atoms in total. The summed E-state index contributed by atoms with van der Waals surface area (Å²) in [4.78, 5) is 17.4. The molecule has 1 aromatic heterocycles. The molecule has 0 aliphatic carbocycles. The molecule has 7 heteroatoms. The van der Waals surface area contributed by atoms with E-state index in [2.05, 4.69) is 24.8 Å². The average Bonchev–Trinajstić information content (AvgIpc) is 2.84. The van der Waals surface area contributed by atoms with E-state index in [1.165, 1.54) is 10.6 Å². The highest BCUT2D eigenvalue weighted by Gasteiger charge is 2.30. The average molecular weight is 476 g/mol. The number of alkyl halides is 3. The Bertz CT molecular complexity index is 1460. The number of aromatic nitrogens is 2. The van der Waals surface area contributed by atoms with Gasteiger partial charge in [0.1, 0.15) is 12.4 Å². The number of hydrogen-bond donors (Lipinski definition) is 0. The molecule has 0 aliphatic rings. The first-order chi connectivity index (χ1) is 16.7. The molecule has 0 aliphatic heterocycles. The fourth-order valence-corrected chi connectivity index (χ4v) is 3.90. The van der Waals surface area contributed by atoms with E-state index >= 15 is 0 Å². The zero-order chi connectivity index (χ0) is 25.2. The van der Waals surface area contributed by atoms with Gasteiger partial charge in [0, 0.05) is 10.9 Å². The maximum atomic E-state index is 13.2. The minimum atomic E-state index is -4.48. The minimum absolute atomic E-state index is 0.0661. The molecule has 178 valence electrons. The summed E-state index contributed by atoms with van der Waals surface area (Å²) >= 11 is 0. The molecule has 35 heavy (non-hydrogen) atoms. The molecule has 0 bridgehead atoms. The summed E-state index contributed by atoms with van der Waals surface area (Å²) in [7, 11) is 0. The first-order valence-corrected chi connectivity index (χ1v) is 11.0. The molecule has 4 rings (SSSR count). The van der Waals surface area contributed by atoms with E-state index in [-0.39, 0.29) is 13.2 Å². The van der Waals surface area contributed by atoms with Gasteiger partial charge in [-0.2, -0.15) is 18.2 Å². The molecule has 1 heterocycles. The first kappa shape index (κ1) is 24.1. The van der Waals surface area contributed by atoms with Crippen molar-refractivity contribution in [2.45, 2.75) is 32.5 Å². The van der Waals surface area contributed by atoms with Crippen LogP contribution in [0.2, 0.25) is 0 Å². The van der Waals surface area contributed by atoms with Crippen molar-refractivity contribution in [3.63, 3.8) is 0 Å². The Morgan fingerprint density at radius 2 is 1.80 bits per heavy atom. The van der Waals surface area contributed by atoms with Gasteiger partial charge in [0.25, 0.3) is 0 Å². The lowest BCUT2D eigenvalue weighted by molar-refractivity contribution is -0.137. The second kappa shape index (κ2) is 9.67. The van der Waals surface area contributed by atoms with Gasteiger partial charge in [0.2, 0.25) is 0 Å². The smallest absolute Gasteiger partial charge is 0.416 e. The van der Waals surface area contributed by atoms with Crippen LogP contribution in [0.3, 0.4) is 0 Å². The maximum Gasteiger partial charge on any atom is 0.416 e. The van der Waals surface area contributed by atoms with Crippen molar-refractivity contribution in [3.8, 4) is 29.4 Å². The maximum absolute atomic E-state index is 13.2. The molecule has 0 fully saturated rings. The van der Waals surface area contributed by atoms with Crippen LogP contribution >= 0.6 is 0 Å². The summed E-state index contributed by atoms with van der Waals surface area (Å²) in [6.07, 6.45) is 0.833. The van der Waals surface area contributed by atoms with Crippen LogP contribution in [-0.4, -0.2) is 16.2 Å². The van der Waals surface area contributed by atoms with Crippen molar-refractivity contribution in [2.24, 2.45) is 0 Å². The Labute approximate surface area is 201 Å². The van der Waals surface area contributed by atoms with Crippen LogP contribution in [0.1, 0.15) is 36.5 Å². The highest BCUT2D eigenvalue weighted by Crippen LogP contribution is 2.32. The standard InChI is InChI=1S/C28H23F3N2O2/c1-4-14-35-23-12-13-25-24(16-23)26(21-10-8-20(9-11-21)18(2)3)32-27(34)33(25)17-19-6-5-7-22(15-19)28(29,30)31/h1,5-13,15-16,18H,14,17H2,2-3H3. The predicted molar refractivity (Wildman–Crippen MR) is 130 cm³/mol. The van der Waals surface area contributed by atoms with E-state index < -0.39 is 17.4 Å². The second-order valence-corrected chi connectivity index (χ2v) is 8.48. The van der Waals surface area contributed by atoms with Crippen molar-refractivity contribution < 1.29 is 17.9 Å². The molecule has 4 aromatic rings. The molecule has 0 atom stereocenters. The lowest BCUT2D eigenvalue weighted by Crippen LogP contribution is -2.25. The Hall–Kier alpha value is -4.05. The van der Waals surface area contributed by atoms with Gasteiger partial charge in [-0.05, 0) is 47.4 Å². The van der Waals surface area contributed by atoms with E-state index in [0.717, 1.165) is 23.3 Å². The fourth-order valence-electron chi connectivity index (χ4n) is 3.90. The zero-order valence-electron chi connectivity index (χ0n) is 19.3. The lowest BCUT2D eigenvalue weighted by Gasteiger charge is -2.15. The SMILES string of the molecule is C#CCOc1ccc2c(c1)c(-c1ccc(C(C)C)cc1)nc(=O)n2Cc1cccc(C(F)(F)F)c1. The number of ether oxygens (including phenoxy) is 1. The number of terminal acetylenes is 1. The first-order valence-electron chi connectivity index (χ1n) is 11.0. The van der Waals surface area contributed by atoms with Crippen LogP contribution in [0.15, 0.2) is 71.5 Å². The van der Waals surface area contributed by atoms with Crippen LogP contribution < -0.4 is 10.4 Å². The van der Waals surface area contributed by atoms with E-state index in [4.69, 9.17) is 11.2 Å². The van der Waals surface area contributed by atoms with E-state index in [1.807, 2.05) is 24.3 Å². The number of benzene rings is 3. The van der Waals surface area contributed by atoms with E-state index in [9.17, 15) is 18.0 Å². The van der Waals surface area contributed by atoms with Gasteiger partial charge in [-0.1, -0.05) is 56.2 Å². The summed E-state index contributed by atoms with van der Waals surface area (Å²) in [5.41, 5.74) is 1.89. The van der Waals surface area contributed by atoms with Crippen LogP contribution in [0.4, 0.5) is 13.2 Å². The van der Waals surface area contributed by atoms with Crippen LogP contribution in [0.25, 0.3) is 22.2 Å². The Morgan fingerprint density at radius 1 is 1.06 bits per heavy atom. The Balaban J connectivity index is 1.87. The summed E-state index contributed by atoms with van der Waals surface area (Å²) in [5.74, 6) is 3.26. The van der Waals surface area contributed by atoms with Gasteiger partial charge >= 0.3 is 11.9 Å². The van der Waals surface area contributed by atoms with Crippen molar-refractivity contribution in [3.05, 3.63) is 93.9 Å². The minimum Gasteiger partial charge on any atom is -0.481 e. The molecule has 0 spiro atoms. The lowest BCUT2D eigenvalue weighted by atomic mass is 9.99. The number of hydrogen-bond acceptors (Lipinski definition) is 3. The third kappa shape index (κ3) is 5.22.